The molecule has 0 aliphatic heterocycles. The molecule has 1 aromatic heterocycles. The Morgan fingerprint density at radius 2 is 1.91 bits per heavy atom. The number of hydrogen-bond donors (Lipinski definition) is 1. The van der Waals surface area contributed by atoms with Gasteiger partial charge >= 0.3 is 0 Å². The van der Waals surface area contributed by atoms with Crippen molar-refractivity contribution in [3.05, 3.63) is 41.3 Å². The average molecular weight is 304 g/mol. The van der Waals surface area contributed by atoms with E-state index in [1.807, 2.05) is 31.2 Å². The summed E-state index contributed by atoms with van der Waals surface area (Å²) in [5, 5.41) is 6.64. The van der Waals surface area contributed by atoms with Crippen molar-refractivity contribution >= 4 is 5.91 Å². The van der Waals surface area contributed by atoms with Gasteiger partial charge < -0.3 is 19.3 Å². The average Bonchev–Trinajstić information content (AvgIpc) is 2.84. The fraction of sp³-hybridized carbons (Fsp3) is 0.375. The first-order chi connectivity index (χ1) is 10.6. The topological polar surface area (TPSA) is 73.6 Å². The number of ether oxygens (including phenoxy) is 2. The van der Waals surface area contributed by atoms with Crippen molar-refractivity contribution in [3.8, 4) is 11.5 Å². The minimum atomic E-state index is -0.0762. The molecule has 1 amide bonds. The molecule has 0 radical (unpaired) electrons. The van der Waals surface area contributed by atoms with E-state index in [1.165, 1.54) is 0 Å². The van der Waals surface area contributed by atoms with Crippen LogP contribution in [0.25, 0.3) is 0 Å². The molecule has 1 heterocycles. The van der Waals surface area contributed by atoms with E-state index < -0.39 is 0 Å². The molecule has 2 rings (SSSR count). The number of amides is 1. The number of benzene rings is 1. The summed E-state index contributed by atoms with van der Waals surface area (Å²) in [6.07, 6.45) is 0.268. The Morgan fingerprint density at radius 1 is 1.23 bits per heavy atom. The van der Waals surface area contributed by atoms with Crippen molar-refractivity contribution in [2.45, 2.75) is 20.3 Å². The van der Waals surface area contributed by atoms with Gasteiger partial charge in [-0.25, -0.2) is 0 Å². The van der Waals surface area contributed by atoms with E-state index >= 15 is 0 Å². The molecule has 22 heavy (non-hydrogen) atoms. The molecule has 2 aromatic rings. The molecule has 118 valence electrons. The van der Waals surface area contributed by atoms with Gasteiger partial charge in [-0.05, 0) is 38.1 Å². The van der Waals surface area contributed by atoms with E-state index in [9.17, 15) is 4.79 Å². The Bertz CT molecular complexity index is 600. The third kappa shape index (κ3) is 4.25. The first-order valence-electron chi connectivity index (χ1n) is 7.05. The third-order valence-electron chi connectivity index (χ3n) is 3.27. The van der Waals surface area contributed by atoms with Gasteiger partial charge in [-0.2, -0.15) is 0 Å². The lowest BCUT2D eigenvalue weighted by atomic mass is 10.1. The minimum absolute atomic E-state index is 0.0762. The van der Waals surface area contributed by atoms with Crippen LogP contribution in [0.1, 0.15) is 17.0 Å². The Hall–Kier alpha value is -2.50. The van der Waals surface area contributed by atoms with Crippen molar-refractivity contribution in [1.29, 1.82) is 0 Å². The zero-order chi connectivity index (χ0) is 15.9. The molecule has 1 N–H and O–H groups in total. The van der Waals surface area contributed by atoms with E-state index in [1.54, 1.807) is 14.0 Å². The molecule has 0 bridgehead atoms. The van der Waals surface area contributed by atoms with Crippen molar-refractivity contribution in [3.63, 3.8) is 0 Å². The second-order valence-corrected chi connectivity index (χ2v) is 4.85. The quantitative estimate of drug-likeness (QED) is 0.792. The zero-order valence-corrected chi connectivity index (χ0v) is 13.0. The summed E-state index contributed by atoms with van der Waals surface area (Å²) in [6.45, 7) is 4.47. The van der Waals surface area contributed by atoms with Crippen LogP contribution in [0.3, 0.4) is 0 Å². The number of carbonyl (C=O) groups is 1. The van der Waals surface area contributed by atoms with E-state index in [0.717, 1.165) is 22.8 Å². The lowest BCUT2D eigenvalue weighted by Crippen LogP contribution is -2.29. The summed E-state index contributed by atoms with van der Waals surface area (Å²) in [7, 11) is 1.62. The predicted octanol–water partition coefficient (Wildman–Crippen LogP) is 2.04. The summed E-state index contributed by atoms with van der Waals surface area (Å²) >= 11 is 0. The summed E-state index contributed by atoms with van der Waals surface area (Å²) < 4.78 is 15.6. The number of hydrogen-bond acceptors (Lipinski definition) is 5. The number of nitrogens with zero attached hydrogens (tertiary/aromatic N) is 1. The Morgan fingerprint density at radius 3 is 2.50 bits per heavy atom. The maximum absolute atomic E-state index is 11.9. The predicted molar refractivity (Wildman–Crippen MR) is 81.2 cm³/mol. The van der Waals surface area contributed by atoms with E-state index in [-0.39, 0.29) is 12.3 Å². The number of carbonyl (C=O) groups excluding carboxylic acids is 1. The highest BCUT2D eigenvalue weighted by Gasteiger charge is 2.12. The molecule has 0 saturated carbocycles. The lowest BCUT2D eigenvalue weighted by Gasteiger charge is -2.08. The molecule has 0 saturated heterocycles. The molecule has 1 aromatic carbocycles. The Labute approximate surface area is 129 Å². The maximum Gasteiger partial charge on any atom is 0.224 e. The van der Waals surface area contributed by atoms with E-state index in [2.05, 4.69) is 10.5 Å². The molecule has 0 fully saturated rings. The first-order valence-corrected chi connectivity index (χ1v) is 7.05. The zero-order valence-electron chi connectivity index (χ0n) is 13.0. The molecular weight excluding hydrogens is 284 g/mol. The monoisotopic (exact) mass is 304 g/mol. The van der Waals surface area contributed by atoms with Gasteiger partial charge in [-0.1, -0.05) is 5.16 Å². The third-order valence-corrected chi connectivity index (χ3v) is 3.27. The normalized spacial score (nSPS) is 10.3. The molecule has 0 unspecified atom stereocenters. The molecule has 0 spiro atoms. The van der Waals surface area contributed by atoms with Crippen molar-refractivity contribution in [2.75, 3.05) is 20.3 Å². The summed E-state index contributed by atoms with van der Waals surface area (Å²) in [5.41, 5.74) is 1.59. The number of aromatic nitrogens is 1. The number of rotatable bonds is 7. The highest BCUT2D eigenvalue weighted by Crippen LogP contribution is 2.16. The van der Waals surface area contributed by atoms with Gasteiger partial charge in [0.2, 0.25) is 5.91 Å². The highest BCUT2D eigenvalue weighted by molar-refractivity contribution is 5.78. The van der Waals surface area contributed by atoms with Gasteiger partial charge in [0.1, 0.15) is 23.9 Å². The fourth-order valence-corrected chi connectivity index (χ4v) is 2.01. The maximum atomic E-state index is 11.9. The van der Waals surface area contributed by atoms with Crippen molar-refractivity contribution < 1.29 is 18.8 Å². The van der Waals surface area contributed by atoms with E-state index in [4.69, 9.17) is 14.0 Å². The number of methoxy groups -OCH3 is 1. The van der Waals surface area contributed by atoms with Crippen LogP contribution in [0.4, 0.5) is 0 Å². The van der Waals surface area contributed by atoms with Gasteiger partial charge in [0.25, 0.3) is 0 Å². The summed E-state index contributed by atoms with van der Waals surface area (Å²) in [4.78, 5) is 11.9. The molecule has 0 aliphatic carbocycles. The van der Waals surface area contributed by atoms with Gasteiger partial charge in [0.05, 0.1) is 25.8 Å². The smallest absolute Gasteiger partial charge is 0.224 e. The van der Waals surface area contributed by atoms with Gasteiger partial charge in [-0.15, -0.1) is 0 Å². The fourth-order valence-electron chi connectivity index (χ4n) is 2.01. The lowest BCUT2D eigenvalue weighted by molar-refractivity contribution is -0.120. The highest BCUT2D eigenvalue weighted by atomic mass is 16.5. The van der Waals surface area contributed by atoms with E-state index in [0.29, 0.717) is 18.9 Å². The molecular formula is C16H20N2O4. The number of nitrogens with one attached hydrogen (secondary N) is 1. The van der Waals surface area contributed by atoms with Crippen LogP contribution in [0.15, 0.2) is 28.8 Å². The largest absolute Gasteiger partial charge is 0.497 e. The van der Waals surface area contributed by atoms with Crippen LogP contribution in [-0.2, 0) is 11.2 Å². The van der Waals surface area contributed by atoms with Gasteiger partial charge in [-0.3, -0.25) is 4.79 Å². The first kappa shape index (κ1) is 15.9. The molecule has 6 nitrogen and oxygen atoms in total. The van der Waals surface area contributed by atoms with Gasteiger partial charge in [0, 0.05) is 5.56 Å². The Kier molecular flexibility index (Phi) is 5.41. The van der Waals surface area contributed by atoms with Crippen LogP contribution in [0, 0.1) is 13.8 Å². The van der Waals surface area contributed by atoms with Crippen LogP contribution >= 0.6 is 0 Å². The number of aryl methyl sites for hydroxylation is 2. The van der Waals surface area contributed by atoms with Gasteiger partial charge in [0.15, 0.2) is 0 Å². The van der Waals surface area contributed by atoms with Crippen molar-refractivity contribution in [2.24, 2.45) is 0 Å². The van der Waals surface area contributed by atoms with Crippen LogP contribution in [0.5, 0.6) is 11.5 Å². The van der Waals surface area contributed by atoms with Crippen molar-refractivity contribution in [1.82, 2.24) is 10.5 Å². The summed E-state index contributed by atoms with van der Waals surface area (Å²) in [6, 6.07) is 7.30. The summed E-state index contributed by atoms with van der Waals surface area (Å²) in [5.74, 6) is 2.12. The van der Waals surface area contributed by atoms with Crippen LogP contribution in [0.2, 0.25) is 0 Å². The SMILES string of the molecule is COc1ccc(OCCNC(=O)Cc2c(C)noc2C)cc1. The molecule has 6 heteroatoms. The molecule has 0 aliphatic rings. The molecule has 0 atom stereocenters. The minimum Gasteiger partial charge on any atom is -0.497 e. The Balaban J connectivity index is 1.70. The van der Waals surface area contributed by atoms with Crippen LogP contribution < -0.4 is 14.8 Å². The van der Waals surface area contributed by atoms with Crippen LogP contribution in [-0.4, -0.2) is 31.3 Å². The second kappa shape index (κ2) is 7.49. The standard InChI is InChI=1S/C16H20N2O4/c1-11-15(12(2)22-18-11)10-16(19)17-8-9-21-14-6-4-13(20-3)5-7-14/h4-7H,8-10H2,1-3H3,(H,17,19). The second-order valence-electron chi connectivity index (χ2n) is 4.85.